The van der Waals surface area contributed by atoms with E-state index in [2.05, 4.69) is 138 Å². The molecule has 0 spiro atoms. The fraction of sp³-hybridized carbons (Fsp3) is 0.0968. The van der Waals surface area contributed by atoms with Gasteiger partial charge in [0.1, 0.15) is 0 Å². The standard InChI is InChI=1S/C31H27N3S/c1-35(2)30(26-16-10-5-11-17-26)28(24-12-6-3-7-13-24)29(25-14-8-4-9-15-25)31(35)27-20-18-23(19-21-27)22-33-34-32/h3-21H,22H2,1-2H3. The van der Waals surface area contributed by atoms with E-state index in [0.29, 0.717) is 6.54 Å². The van der Waals surface area contributed by atoms with Crippen molar-refractivity contribution in [2.75, 3.05) is 12.5 Å². The van der Waals surface area contributed by atoms with E-state index in [9.17, 15) is 0 Å². The maximum absolute atomic E-state index is 8.71. The highest BCUT2D eigenvalue weighted by Gasteiger charge is 2.39. The fourth-order valence-electron chi connectivity index (χ4n) is 4.94. The van der Waals surface area contributed by atoms with Gasteiger partial charge in [-0.05, 0) is 45.9 Å². The van der Waals surface area contributed by atoms with Gasteiger partial charge in [-0.25, -0.2) is 0 Å². The number of rotatable bonds is 6. The van der Waals surface area contributed by atoms with Crippen molar-refractivity contribution < 1.29 is 0 Å². The number of benzene rings is 4. The van der Waals surface area contributed by atoms with E-state index < -0.39 is 10.0 Å². The number of nitrogens with zero attached hydrogens (tertiary/aromatic N) is 3. The average molecular weight is 474 g/mol. The lowest BCUT2D eigenvalue weighted by molar-refractivity contribution is 1.05. The Bertz CT molecular complexity index is 1450. The van der Waals surface area contributed by atoms with Crippen molar-refractivity contribution in [2.45, 2.75) is 6.54 Å². The lowest BCUT2D eigenvalue weighted by Crippen LogP contribution is -1.99. The maximum atomic E-state index is 8.71. The molecule has 4 heteroatoms. The van der Waals surface area contributed by atoms with E-state index >= 15 is 0 Å². The van der Waals surface area contributed by atoms with Crippen LogP contribution in [-0.2, 0) is 6.54 Å². The first-order valence-corrected chi connectivity index (χ1v) is 14.0. The second-order valence-electron chi connectivity index (χ2n) is 8.92. The first-order chi connectivity index (χ1) is 17.1. The molecule has 172 valence electrons. The molecule has 0 aliphatic carbocycles. The average Bonchev–Trinajstić information content (AvgIpc) is 3.16. The molecule has 0 saturated heterocycles. The molecule has 5 rings (SSSR count). The minimum Gasteiger partial charge on any atom is -0.191 e. The molecule has 0 N–H and O–H groups in total. The molecule has 0 fully saturated rings. The molecule has 3 nitrogen and oxygen atoms in total. The van der Waals surface area contributed by atoms with Gasteiger partial charge in [0.05, 0.1) is 6.54 Å². The third-order valence-corrected chi connectivity index (χ3v) is 9.34. The molecule has 0 amide bonds. The van der Waals surface area contributed by atoms with Crippen LogP contribution in [0.15, 0.2) is 120 Å². The molecule has 35 heavy (non-hydrogen) atoms. The Morgan fingerprint density at radius 3 is 1.40 bits per heavy atom. The maximum Gasteiger partial charge on any atom is 0.0510 e. The Kier molecular flexibility index (Phi) is 6.33. The Hall–Kier alpha value is -3.98. The van der Waals surface area contributed by atoms with Crippen LogP contribution in [0.25, 0.3) is 31.4 Å². The van der Waals surface area contributed by atoms with Crippen molar-refractivity contribution in [3.63, 3.8) is 0 Å². The minimum absolute atomic E-state index is 0.362. The summed E-state index contributed by atoms with van der Waals surface area (Å²) in [5, 5.41) is 3.73. The van der Waals surface area contributed by atoms with Crippen LogP contribution in [0.5, 0.6) is 0 Å². The van der Waals surface area contributed by atoms with Crippen molar-refractivity contribution in [3.8, 4) is 0 Å². The summed E-state index contributed by atoms with van der Waals surface area (Å²) in [7, 11) is -1.38. The third-order valence-electron chi connectivity index (χ3n) is 6.42. The molecule has 0 aromatic heterocycles. The monoisotopic (exact) mass is 473 g/mol. The Balaban J connectivity index is 1.83. The molecule has 1 aliphatic rings. The van der Waals surface area contributed by atoms with Gasteiger partial charge in [-0.15, -0.1) is 0 Å². The predicted octanol–water partition coefficient (Wildman–Crippen LogP) is 9.01. The van der Waals surface area contributed by atoms with Gasteiger partial charge < -0.3 is 0 Å². The predicted molar refractivity (Wildman–Crippen MR) is 152 cm³/mol. The first kappa shape index (κ1) is 22.8. The van der Waals surface area contributed by atoms with Crippen molar-refractivity contribution in [1.29, 1.82) is 0 Å². The van der Waals surface area contributed by atoms with Gasteiger partial charge >= 0.3 is 0 Å². The van der Waals surface area contributed by atoms with Gasteiger partial charge in [-0.1, -0.05) is 120 Å². The van der Waals surface area contributed by atoms with Crippen LogP contribution in [0.1, 0.15) is 27.8 Å². The normalized spacial score (nSPS) is 15.6. The summed E-state index contributed by atoms with van der Waals surface area (Å²) in [6.45, 7) is 0.362. The van der Waals surface area contributed by atoms with Crippen LogP contribution in [0, 0.1) is 0 Å². The molecule has 0 saturated carbocycles. The van der Waals surface area contributed by atoms with Crippen LogP contribution < -0.4 is 0 Å². The molecule has 4 aromatic carbocycles. The highest BCUT2D eigenvalue weighted by atomic mass is 32.3. The van der Waals surface area contributed by atoms with E-state index in [1.807, 2.05) is 0 Å². The molecule has 0 atom stereocenters. The van der Waals surface area contributed by atoms with E-state index in [-0.39, 0.29) is 0 Å². The topological polar surface area (TPSA) is 48.8 Å². The van der Waals surface area contributed by atoms with Gasteiger partial charge in [0.2, 0.25) is 0 Å². The van der Waals surface area contributed by atoms with Gasteiger partial charge in [0.25, 0.3) is 0 Å². The van der Waals surface area contributed by atoms with Crippen LogP contribution in [0.3, 0.4) is 0 Å². The zero-order chi connectivity index (χ0) is 24.3. The van der Waals surface area contributed by atoms with Gasteiger partial charge in [-0.2, -0.15) is 10.0 Å². The lowest BCUT2D eigenvalue weighted by Gasteiger charge is -2.34. The van der Waals surface area contributed by atoms with Crippen molar-refractivity contribution in [3.05, 3.63) is 154 Å². The number of azide groups is 1. The largest absolute Gasteiger partial charge is 0.191 e. The summed E-state index contributed by atoms with van der Waals surface area (Å²) in [5.74, 6) is 0. The highest BCUT2D eigenvalue weighted by molar-refractivity contribution is 8.47. The van der Waals surface area contributed by atoms with Crippen LogP contribution >= 0.6 is 10.0 Å². The van der Waals surface area contributed by atoms with Crippen LogP contribution in [0.4, 0.5) is 0 Å². The number of hydrogen-bond donors (Lipinski definition) is 0. The Labute approximate surface area is 208 Å². The van der Waals surface area contributed by atoms with E-state index in [0.717, 1.165) is 5.56 Å². The number of hydrogen-bond acceptors (Lipinski definition) is 1. The molecule has 0 bridgehead atoms. The molecular weight excluding hydrogens is 446 g/mol. The Morgan fingerprint density at radius 2 is 0.971 bits per heavy atom. The van der Waals surface area contributed by atoms with E-state index in [4.69, 9.17) is 5.53 Å². The number of allylic oxidation sites excluding steroid dienone is 2. The molecule has 0 radical (unpaired) electrons. The summed E-state index contributed by atoms with van der Waals surface area (Å²) < 4.78 is 0. The zero-order valence-corrected chi connectivity index (χ0v) is 20.7. The smallest absolute Gasteiger partial charge is 0.0510 e. The fourth-order valence-corrected chi connectivity index (χ4v) is 8.06. The summed E-state index contributed by atoms with van der Waals surface area (Å²) in [5.41, 5.74) is 17.3. The SMILES string of the molecule is CS1(C)C(c2ccccc2)=C(c2ccccc2)C(c2ccccc2)=C1c1ccc(CN=[N+]=[N-])cc1. The molecule has 4 aromatic rings. The van der Waals surface area contributed by atoms with Gasteiger partial charge in [0, 0.05) is 25.9 Å². The van der Waals surface area contributed by atoms with Crippen molar-refractivity contribution in [1.82, 2.24) is 0 Å². The summed E-state index contributed by atoms with van der Waals surface area (Å²) in [6.07, 6.45) is 4.83. The van der Waals surface area contributed by atoms with Crippen LogP contribution in [-0.4, -0.2) is 12.5 Å². The Morgan fingerprint density at radius 1 is 0.571 bits per heavy atom. The molecule has 1 heterocycles. The first-order valence-electron chi connectivity index (χ1n) is 11.6. The second kappa shape index (κ2) is 9.71. The van der Waals surface area contributed by atoms with Crippen molar-refractivity contribution in [2.24, 2.45) is 5.11 Å². The molecular formula is C31H27N3S. The zero-order valence-electron chi connectivity index (χ0n) is 19.9. The summed E-state index contributed by atoms with van der Waals surface area (Å²) >= 11 is 0. The molecule has 1 aliphatic heterocycles. The summed E-state index contributed by atoms with van der Waals surface area (Å²) in [6, 6.07) is 40.9. The van der Waals surface area contributed by atoms with Gasteiger partial charge in [-0.3, -0.25) is 0 Å². The van der Waals surface area contributed by atoms with Crippen molar-refractivity contribution >= 4 is 31.0 Å². The molecule has 0 unspecified atom stereocenters. The third kappa shape index (κ3) is 4.30. The highest BCUT2D eigenvalue weighted by Crippen LogP contribution is 2.73. The summed E-state index contributed by atoms with van der Waals surface area (Å²) in [4.78, 5) is 5.70. The van der Waals surface area contributed by atoms with E-state index in [1.165, 1.54) is 43.2 Å². The van der Waals surface area contributed by atoms with Gasteiger partial charge in [0.15, 0.2) is 0 Å². The van der Waals surface area contributed by atoms with Crippen LogP contribution in [0.2, 0.25) is 0 Å². The second-order valence-corrected chi connectivity index (χ2v) is 12.4. The lowest BCUT2D eigenvalue weighted by atomic mass is 9.89. The quantitative estimate of drug-likeness (QED) is 0.152. The minimum atomic E-state index is -1.38. The van der Waals surface area contributed by atoms with E-state index in [1.54, 1.807) is 0 Å².